The van der Waals surface area contributed by atoms with Crippen LogP contribution >= 0.6 is 0 Å². The average molecular weight is 209 g/mol. The Balaban J connectivity index is 2.62. The van der Waals surface area contributed by atoms with E-state index in [1.54, 1.807) is 6.07 Å². The molecule has 1 heterocycles. The monoisotopic (exact) mass is 209 g/mol. The summed E-state index contributed by atoms with van der Waals surface area (Å²) in [4.78, 5) is 25.2. The minimum Gasteiger partial charge on any atom is -0.350 e. The molecular formula is C10H15N3O2. The summed E-state index contributed by atoms with van der Waals surface area (Å²) in [6.45, 7) is 2.32. The van der Waals surface area contributed by atoms with Crippen molar-refractivity contribution < 1.29 is 4.79 Å². The van der Waals surface area contributed by atoms with Crippen LogP contribution < -0.4 is 16.6 Å². The molecule has 1 amide bonds. The van der Waals surface area contributed by atoms with Gasteiger partial charge in [0.1, 0.15) is 5.56 Å². The highest BCUT2D eigenvalue weighted by molar-refractivity contribution is 5.93. The first-order chi connectivity index (χ1) is 7.15. The lowest BCUT2D eigenvalue weighted by molar-refractivity contribution is 0.0949. The number of nitrogens with two attached hydrogens (primary N) is 1. The minimum absolute atomic E-state index is 0.0725. The van der Waals surface area contributed by atoms with Gasteiger partial charge in [0.25, 0.3) is 11.5 Å². The highest BCUT2D eigenvalue weighted by Gasteiger charge is 2.09. The number of hydrogen-bond donors (Lipinski definition) is 3. The molecule has 0 aliphatic carbocycles. The third-order valence-electron chi connectivity index (χ3n) is 2.11. The van der Waals surface area contributed by atoms with Crippen LogP contribution in [0, 0.1) is 0 Å². The van der Waals surface area contributed by atoms with Crippen LogP contribution in [0.3, 0.4) is 0 Å². The number of carbonyl (C=O) groups is 1. The van der Waals surface area contributed by atoms with Gasteiger partial charge in [-0.15, -0.1) is 0 Å². The van der Waals surface area contributed by atoms with Crippen LogP contribution in [0.25, 0.3) is 0 Å². The molecule has 0 saturated heterocycles. The Kier molecular flexibility index (Phi) is 4.05. The van der Waals surface area contributed by atoms with Crippen molar-refractivity contribution in [1.82, 2.24) is 10.3 Å². The van der Waals surface area contributed by atoms with E-state index < -0.39 is 0 Å². The number of rotatable bonds is 4. The molecule has 1 aromatic rings. The van der Waals surface area contributed by atoms with Gasteiger partial charge in [0.15, 0.2) is 0 Å². The summed E-state index contributed by atoms with van der Waals surface area (Å²) in [5.41, 5.74) is 5.36. The lowest BCUT2D eigenvalue weighted by atomic mass is 10.2. The van der Waals surface area contributed by atoms with Gasteiger partial charge in [-0.2, -0.15) is 0 Å². The van der Waals surface area contributed by atoms with Crippen LogP contribution in [0.5, 0.6) is 0 Å². The lowest BCUT2D eigenvalue weighted by Crippen LogP contribution is -2.38. The summed E-state index contributed by atoms with van der Waals surface area (Å²) in [5, 5.41) is 2.61. The molecule has 0 spiro atoms. The summed E-state index contributed by atoms with van der Waals surface area (Å²) in [7, 11) is 0. The summed E-state index contributed by atoms with van der Waals surface area (Å²) in [6.07, 6.45) is 2.27. The Morgan fingerprint density at radius 1 is 1.67 bits per heavy atom. The first-order valence-corrected chi connectivity index (χ1v) is 4.86. The van der Waals surface area contributed by atoms with Crippen molar-refractivity contribution in [2.24, 2.45) is 5.73 Å². The van der Waals surface area contributed by atoms with E-state index in [9.17, 15) is 9.59 Å². The first-order valence-electron chi connectivity index (χ1n) is 4.86. The van der Waals surface area contributed by atoms with Crippen molar-refractivity contribution in [1.29, 1.82) is 0 Å². The molecule has 0 aliphatic rings. The van der Waals surface area contributed by atoms with Crippen molar-refractivity contribution >= 4 is 5.91 Å². The number of aromatic amines is 1. The van der Waals surface area contributed by atoms with E-state index in [4.69, 9.17) is 5.73 Å². The van der Waals surface area contributed by atoms with E-state index in [1.807, 2.05) is 6.92 Å². The second-order valence-electron chi connectivity index (χ2n) is 3.29. The Morgan fingerprint density at radius 3 is 3.00 bits per heavy atom. The average Bonchev–Trinajstić information content (AvgIpc) is 2.26. The van der Waals surface area contributed by atoms with Gasteiger partial charge in [0, 0.05) is 18.8 Å². The number of carbonyl (C=O) groups excluding carboxylic acids is 1. The number of aromatic nitrogens is 1. The lowest BCUT2D eigenvalue weighted by Gasteiger charge is -2.09. The Hall–Kier alpha value is -1.62. The molecule has 4 N–H and O–H groups in total. The molecule has 0 aromatic carbocycles. The number of nitrogens with one attached hydrogen (secondary N) is 2. The number of amides is 1. The summed E-state index contributed by atoms with van der Waals surface area (Å²) in [5.74, 6) is -0.388. The zero-order valence-electron chi connectivity index (χ0n) is 8.62. The number of pyridine rings is 1. The molecule has 82 valence electrons. The molecule has 0 saturated carbocycles. The maximum absolute atomic E-state index is 11.5. The first kappa shape index (κ1) is 11.5. The zero-order chi connectivity index (χ0) is 11.3. The fraction of sp³-hybridized carbons (Fsp3) is 0.400. The Bertz CT molecular complexity index is 386. The quantitative estimate of drug-likeness (QED) is 0.644. The van der Waals surface area contributed by atoms with Crippen molar-refractivity contribution in [3.63, 3.8) is 0 Å². The topological polar surface area (TPSA) is 88.0 Å². The van der Waals surface area contributed by atoms with Crippen LogP contribution in [0.4, 0.5) is 0 Å². The predicted molar refractivity (Wildman–Crippen MR) is 57.7 cm³/mol. The second kappa shape index (κ2) is 5.31. The molecular weight excluding hydrogens is 194 g/mol. The largest absolute Gasteiger partial charge is 0.350 e. The van der Waals surface area contributed by atoms with Gasteiger partial charge >= 0.3 is 0 Å². The van der Waals surface area contributed by atoms with E-state index in [0.717, 1.165) is 6.42 Å². The predicted octanol–water partition coefficient (Wildman–Crippen LogP) is -0.158. The van der Waals surface area contributed by atoms with Crippen molar-refractivity contribution in [2.45, 2.75) is 19.4 Å². The van der Waals surface area contributed by atoms with E-state index in [2.05, 4.69) is 10.3 Å². The van der Waals surface area contributed by atoms with Crippen LogP contribution in [-0.2, 0) is 0 Å². The Morgan fingerprint density at radius 2 is 2.40 bits per heavy atom. The maximum atomic E-state index is 11.5. The molecule has 5 nitrogen and oxygen atoms in total. The second-order valence-corrected chi connectivity index (χ2v) is 3.29. The highest BCUT2D eigenvalue weighted by Crippen LogP contribution is 1.90. The van der Waals surface area contributed by atoms with E-state index in [0.29, 0.717) is 6.54 Å². The van der Waals surface area contributed by atoms with Gasteiger partial charge in [0.2, 0.25) is 0 Å². The van der Waals surface area contributed by atoms with Gasteiger partial charge in [0.05, 0.1) is 0 Å². The van der Waals surface area contributed by atoms with E-state index >= 15 is 0 Å². The molecule has 1 aromatic heterocycles. The molecule has 1 rings (SSSR count). The molecule has 0 aliphatic heterocycles. The summed E-state index contributed by atoms with van der Waals surface area (Å²) < 4.78 is 0. The van der Waals surface area contributed by atoms with Gasteiger partial charge in [-0.25, -0.2) is 0 Å². The van der Waals surface area contributed by atoms with Gasteiger partial charge in [-0.1, -0.05) is 6.92 Å². The number of hydrogen-bond acceptors (Lipinski definition) is 3. The minimum atomic E-state index is -0.389. The fourth-order valence-corrected chi connectivity index (χ4v) is 1.06. The molecule has 15 heavy (non-hydrogen) atoms. The highest BCUT2D eigenvalue weighted by atomic mass is 16.2. The van der Waals surface area contributed by atoms with E-state index in [1.165, 1.54) is 12.3 Å². The normalized spacial score (nSPS) is 12.1. The molecule has 1 unspecified atom stereocenters. The molecule has 1 atom stereocenters. The Labute approximate surface area is 87.7 Å². The van der Waals surface area contributed by atoms with Gasteiger partial charge < -0.3 is 16.0 Å². The van der Waals surface area contributed by atoms with Crippen molar-refractivity contribution in [2.75, 3.05) is 6.54 Å². The SMILES string of the molecule is CCC(N)CNC(=O)c1ccc[nH]c1=O. The third kappa shape index (κ3) is 3.21. The standard InChI is InChI=1S/C10H15N3O2/c1-2-7(11)6-13-10(15)8-4-3-5-12-9(8)14/h3-5,7H,2,6,11H2,1H3,(H,12,14)(H,13,15). The van der Waals surface area contributed by atoms with Crippen molar-refractivity contribution in [3.05, 3.63) is 34.2 Å². The molecule has 5 heteroatoms. The van der Waals surface area contributed by atoms with Crippen LogP contribution in [0.2, 0.25) is 0 Å². The van der Waals surface area contributed by atoms with Crippen molar-refractivity contribution in [3.8, 4) is 0 Å². The maximum Gasteiger partial charge on any atom is 0.260 e. The summed E-state index contributed by atoms with van der Waals surface area (Å²) in [6, 6.07) is 3.01. The van der Waals surface area contributed by atoms with Crippen LogP contribution in [0.1, 0.15) is 23.7 Å². The van der Waals surface area contributed by atoms with Crippen LogP contribution in [-0.4, -0.2) is 23.5 Å². The fourth-order valence-electron chi connectivity index (χ4n) is 1.06. The molecule has 0 fully saturated rings. The molecule has 0 radical (unpaired) electrons. The van der Waals surface area contributed by atoms with E-state index in [-0.39, 0.29) is 23.1 Å². The van der Waals surface area contributed by atoms with Crippen LogP contribution in [0.15, 0.2) is 23.1 Å². The number of H-pyrrole nitrogens is 1. The third-order valence-corrected chi connectivity index (χ3v) is 2.11. The zero-order valence-corrected chi connectivity index (χ0v) is 8.62. The molecule has 0 bridgehead atoms. The smallest absolute Gasteiger partial charge is 0.260 e. The van der Waals surface area contributed by atoms with Gasteiger partial charge in [-0.3, -0.25) is 9.59 Å². The summed E-state index contributed by atoms with van der Waals surface area (Å²) >= 11 is 0. The van der Waals surface area contributed by atoms with Gasteiger partial charge in [-0.05, 0) is 18.6 Å².